The molecule has 4 rings (SSSR count). The number of Topliss-reactive ketones (excluding diaryl/α,β-unsaturated/α-hetero) is 1. The molecule has 1 heterocycles. The first-order valence-electron chi connectivity index (χ1n) is 7.75. The van der Waals surface area contributed by atoms with Crippen LogP contribution in [0.25, 0.3) is 17.0 Å². The molecule has 3 aromatic rings. The first kappa shape index (κ1) is 13.8. The largest absolute Gasteiger partial charge is 0.496 e. The van der Waals surface area contributed by atoms with Gasteiger partial charge >= 0.3 is 0 Å². The van der Waals surface area contributed by atoms with Crippen LogP contribution in [0.1, 0.15) is 27.9 Å². The molecular weight excluding hydrogens is 286 g/mol. The molecule has 0 amide bonds. The van der Waals surface area contributed by atoms with E-state index in [1.54, 1.807) is 7.11 Å². The second-order valence-corrected chi connectivity index (χ2v) is 5.77. The van der Waals surface area contributed by atoms with Gasteiger partial charge in [0, 0.05) is 39.4 Å². The standard InChI is InChI=1S/C20H17NO2/c1-23-19-8-4-6-17-16(19)10-9-13(20(17)22)11-14-12-21-18-7-3-2-5-15(14)18/h2-8,11-12,21H,9-10H2,1H3. The topological polar surface area (TPSA) is 42.1 Å². The zero-order valence-electron chi connectivity index (χ0n) is 12.9. The Kier molecular flexibility index (Phi) is 3.27. The molecule has 0 spiro atoms. The molecule has 3 nitrogen and oxygen atoms in total. The summed E-state index contributed by atoms with van der Waals surface area (Å²) in [6, 6.07) is 13.8. The van der Waals surface area contributed by atoms with E-state index < -0.39 is 0 Å². The molecule has 114 valence electrons. The predicted molar refractivity (Wildman–Crippen MR) is 91.9 cm³/mol. The Labute approximate surface area is 134 Å². The number of para-hydroxylation sites is 1. The van der Waals surface area contributed by atoms with Gasteiger partial charge in [0.2, 0.25) is 0 Å². The van der Waals surface area contributed by atoms with E-state index in [0.717, 1.165) is 51.8 Å². The van der Waals surface area contributed by atoms with E-state index in [1.165, 1.54) is 0 Å². The van der Waals surface area contributed by atoms with Gasteiger partial charge in [-0.05, 0) is 31.1 Å². The maximum Gasteiger partial charge on any atom is 0.189 e. The second-order valence-electron chi connectivity index (χ2n) is 5.77. The van der Waals surface area contributed by atoms with E-state index in [9.17, 15) is 4.79 Å². The summed E-state index contributed by atoms with van der Waals surface area (Å²) in [5.41, 5.74) is 4.80. The van der Waals surface area contributed by atoms with Crippen molar-refractivity contribution < 1.29 is 9.53 Å². The summed E-state index contributed by atoms with van der Waals surface area (Å²) in [4.78, 5) is 16.1. The third-order valence-corrected chi connectivity index (χ3v) is 4.48. The van der Waals surface area contributed by atoms with Crippen molar-refractivity contribution in [2.75, 3.05) is 7.11 Å². The number of nitrogens with one attached hydrogen (secondary N) is 1. The van der Waals surface area contributed by atoms with Gasteiger partial charge in [-0.2, -0.15) is 0 Å². The summed E-state index contributed by atoms with van der Waals surface area (Å²) in [6.07, 6.45) is 5.56. The number of rotatable bonds is 2. The lowest BCUT2D eigenvalue weighted by Gasteiger charge is -2.19. The van der Waals surface area contributed by atoms with Gasteiger partial charge in [-0.15, -0.1) is 0 Å². The van der Waals surface area contributed by atoms with Crippen LogP contribution in [0.5, 0.6) is 5.75 Å². The molecule has 0 atom stereocenters. The van der Waals surface area contributed by atoms with Gasteiger partial charge < -0.3 is 9.72 Å². The zero-order valence-corrected chi connectivity index (χ0v) is 12.9. The Morgan fingerprint density at radius 2 is 1.96 bits per heavy atom. The van der Waals surface area contributed by atoms with E-state index in [2.05, 4.69) is 11.1 Å². The fraction of sp³-hybridized carbons (Fsp3) is 0.150. The molecule has 0 saturated carbocycles. The van der Waals surface area contributed by atoms with Crippen molar-refractivity contribution in [3.8, 4) is 5.75 Å². The van der Waals surface area contributed by atoms with E-state index in [4.69, 9.17) is 4.74 Å². The van der Waals surface area contributed by atoms with Crippen molar-refractivity contribution in [2.45, 2.75) is 12.8 Å². The maximum atomic E-state index is 12.8. The Morgan fingerprint density at radius 1 is 1.09 bits per heavy atom. The summed E-state index contributed by atoms with van der Waals surface area (Å²) in [7, 11) is 1.65. The van der Waals surface area contributed by atoms with Crippen molar-refractivity contribution in [3.05, 3.63) is 70.9 Å². The number of fused-ring (bicyclic) bond motifs is 2. The highest BCUT2D eigenvalue weighted by Crippen LogP contribution is 2.33. The van der Waals surface area contributed by atoms with Crippen LogP contribution < -0.4 is 4.74 Å². The van der Waals surface area contributed by atoms with Crippen molar-refractivity contribution >= 4 is 22.8 Å². The lowest BCUT2D eigenvalue weighted by Crippen LogP contribution is -2.15. The number of carbonyl (C=O) groups is 1. The number of aromatic nitrogens is 1. The molecule has 0 radical (unpaired) electrons. The lowest BCUT2D eigenvalue weighted by molar-refractivity contribution is 0.102. The molecule has 1 aliphatic rings. The fourth-order valence-corrected chi connectivity index (χ4v) is 3.31. The molecule has 0 unspecified atom stereocenters. The smallest absolute Gasteiger partial charge is 0.189 e. The molecule has 0 aliphatic heterocycles. The van der Waals surface area contributed by atoms with Crippen LogP contribution in [0.2, 0.25) is 0 Å². The van der Waals surface area contributed by atoms with Crippen LogP contribution in [0.15, 0.2) is 54.2 Å². The van der Waals surface area contributed by atoms with Crippen molar-refractivity contribution in [1.29, 1.82) is 0 Å². The average molecular weight is 303 g/mol. The number of allylic oxidation sites excluding steroid dienone is 1. The van der Waals surface area contributed by atoms with Crippen LogP contribution in [0, 0.1) is 0 Å². The maximum absolute atomic E-state index is 12.8. The van der Waals surface area contributed by atoms with Crippen LogP contribution in [0.3, 0.4) is 0 Å². The highest BCUT2D eigenvalue weighted by molar-refractivity contribution is 6.14. The molecule has 3 heteroatoms. The van der Waals surface area contributed by atoms with Crippen LogP contribution in [-0.2, 0) is 6.42 Å². The fourth-order valence-electron chi connectivity index (χ4n) is 3.31. The van der Waals surface area contributed by atoms with E-state index in [-0.39, 0.29) is 5.78 Å². The van der Waals surface area contributed by atoms with Crippen LogP contribution in [-0.4, -0.2) is 17.9 Å². The van der Waals surface area contributed by atoms with E-state index in [1.807, 2.05) is 48.7 Å². The number of hydrogen-bond acceptors (Lipinski definition) is 2. The Hall–Kier alpha value is -2.81. The number of ether oxygens (including phenoxy) is 1. The molecule has 1 aromatic heterocycles. The molecule has 1 N–H and O–H groups in total. The minimum Gasteiger partial charge on any atom is -0.496 e. The summed E-state index contributed by atoms with van der Waals surface area (Å²) < 4.78 is 5.38. The minimum absolute atomic E-state index is 0.107. The second kappa shape index (κ2) is 5.43. The highest BCUT2D eigenvalue weighted by atomic mass is 16.5. The molecule has 2 aromatic carbocycles. The molecule has 0 fully saturated rings. The number of H-pyrrole nitrogens is 1. The first-order valence-corrected chi connectivity index (χ1v) is 7.75. The molecule has 0 bridgehead atoms. The SMILES string of the molecule is COc1cccc2c1CCC(=Cc1c[nH]c3ccccc13)C2=O. The van der Waals surface area contributed by atoms with Crippen LogP contribution in [0.4, 0.5) is 0 Å². The van der Waals surface area contributed by atoms with Crippen LogP contribution >= 0.6 is 0 Å². The molecule has 0 saturated heterocycles. The molecular formula is C20H17NO2. The van der Waals surface area contributed by atoms with Gasteiger partial charge in [-0.3, -0.25) is 4.79 Å². The number of aromatic amines is 1. The van der Waals surface area contributed by atoms with Crippen molar-refractivity contribution in [1.82, 2.24) is 4.98 Å². The number of hydrogen-bond donors (Lipinski definition) is 1. The summed E-state index contributed by atoms with van der Waals surface area (Å²) in [5, 5.41) is 1.14. The number of methoxy groups -OCH3 is 1. The average Bonchev–Trinajstić information content (AvgIpc) is 3.00. The Morgan fingerprint density at radius 3 is 2.83 bits per heavy atom. The number of benzene rings is 2. The monoisotopic (exact) mass is 303 g/mol. The minimum atomic E-state index is 0.107. The first-order chi connectivity index (χ1) is 11.3. The van der Waals surface area contributed by atoms with E-state index in [0.29, 0.717) is 0 Å². The highest BCUT2D eigenvalue weighted by Gasteiger charge is 2.24. The summed E-state index contributed by atoms with van der Waals surface area (Å²) in [5.74, 6) is 0.914. The number of carbonyl (C=O) groups excluding carboxylic acids is 1. The van der Waals surface area contributed by atoms with E-state index >= 15 is 0 Å². The summed E-state index contributed by atoms with van der Waals surface area (Å²) >= 11 is 0. The van der Waals surface area contributed by atoms with Gasteiger partial charge in [0.25, 0.3) is 0 Å². The van der Waals surface area contributed by atoms with Crippen molar-refractivity contribution in [3.63, 3.8) is 0 Å². The lowest BCUT2D eigenvalue weighted by atomic mass is 9.85. The zero-order chi connectivity index (χ0) is 15.8. The Balaban J connectivity index is 1.78. The van der Waals surface area contributed by atoms with Crippen molar-refractivity contribution in [2.24, 2.45) is 0 Å². The summed E-state index contributed by atoms with van der Waals surface area (Å²) in [6.45, 7) is 0. The predicted octanol–water partition coefficient (Wildman–Crippen LogP) is 4.39. The quantitative estimate of drug-likeness (QED) is 0.713. The van der Waals surface area contributed by atoms with Gasteiger partial charge in [-0.25, -0.2) is 0 Å². The Bertz CT molecular complexity index is 934. The normalized spacial score (nSPS) is 15.9. The molecule has 1 aliphatic carbocycles. The number of ketones is 1. The third kappa shape index (κ3) is 2.25. The third-order valence-electron chi connectivity index (χ3n) is 4.48. The van der Waals surface area contributed by atoms with Gasteiger partial charge in [0.15, 0.2) is 5.78 Å². The van der Waals surface area contributed by atoms with Gasteiger partial charge in [0.05, 0.1) is 7.11 Å². The van der Waals surface area contributed by atoms with Gasteiger partial charge in [0.1, 0.15) is 5.75 Å². The van der Waals surface area contributed by atoms with Gasteiger partial charge in [-0.1, -0.05) is 30.3 Å². The molecule has 23 heavy (non-hydrogen) atoms.